The molecule has 1 atom stereocenters. The number of hydrogen-bond acceptors (Lipinski definition) is 4. The van der Waals surface area contributed by atoms with Crippen molar-refractivity contribution in [3.63, 3.8) is 0 Å². The fourth-order valence-electron chi connectivity index (χ4n) is 4.82. The Balaban J connectivity index is 1.99. The van der Waals surface area contributed by atoms with Crippen LogP contribution < -0.4 is 0 Å². The molecule has 0 bridgehead atoms. The molecular weight excluding hydrogens is 496 g/mol. The van der Waals surface area contributed by atoms with Crippen molar-refractivity contribution >= 4 is 29.1 Å². The molecule has 5 heteroatoms. The zero-order valence-corrected chi connectivity index (χ0v) is 22.6. The van der Waals surface area contributed by atoms with Gasteiger partial charge in [0.25, 0.3) is 0 Å². The smallest absolute Gasteiger partial charge is 0.335 e. The Hall–Kier alpha value is -3.89. The van der Waals surface area contributed by atoms with E-state index in [1.807, 2.05) is 55.5 Å². The molecule has 0 N–H and O–H groups in total. The minimum absolute atomic E-state index is 0.193. The monoisotopic (exact) mass is 526 g/mol. The van der Waals surface area contributed by atoms with Gasteiger partial charge in [-0.15, -0.1) is 0 Å². The summed E-state index contributed by atoms with van der Waals surface area (Å²) in [6.45, 7) is 5.92. The molecule has 38 heavy (non-hydrogen) atoms. The van der Waals surface area contributed by atoms with Crippen molar-refractivity contribution in [3.05, 3.63) is 135 Å². The average Bonchev–Trinajstić information content (AvgIpc) is 2.93. The van der Waals surface area contributed by atoms with E-state index in [1.54, 1.807) is 26.0 Å². The maximum absolute atomic E-state index is 13.5. The zero-order chi connectivity index (χ0) is 27.1. The van der Waals surface area contributed by atoms with Gasteiger partial charge >= 0.3 is 11.9 Å². The summed E-state index contributed by atoms with van der Waals surface area (Å²) in [6, 6.07) is 27.7. The fraction of sp³-hybridized carbons (Fsp3) is 0.212. The van der Waals surface area contributed by atoms with Crippen LogP contribution in [0, 0.1) is 0 Å². The second-order valence-electron chi connectivity index (χ2n) is 9.02. The maximum atomic E-state index is 13.5. The van der Waals surface area contributed by atoms with Gasteiger partial charge in [0.1, 0.15) is 0 Å². The highest BCUT2D eigenvalue weighted by Crippen LogP contribution is 2.45. The predicted octanol–water partition coefficient (Wildman–Crippen LogP) is 7.70. The van der Waals surface area contributed by atoms with Crippen LogP contribution in [0.4, 0.5) is 0 Å². The first-order valence-electron chi connectivity index (χ1n) is 12.8. The van der Waals surface area contributed by atoms with Gasteiger partial charge in [0.05, 0.1) is 24.4 Å². The summed E-state index contributed by atoms with van der Waals surface area (Å²) in [5, 5.41) is 0.587. The first-order chi connectivity index (χ1) is 18.4. The van der Waals surface area contributed by atoms with E-state index in [2.05, 4.69) is 30.3 Å². The van der Waals surface area contributed by atoms with Gasteiger partial charge < -0.3 is 9.47 Å². The summed E-state index contributed by atoms with van der Waals surface area (Å²) in [4.78, 5) is 26.6. The normalized spacial score (nSPS) is 15.2. The van der Waals surface area contributed by atoms with Gasteiger partial charge in [-0.2, -0.15) is 0 Å². The third-order valence-corrected chi connectivity index (χ3v) is 6.80. The van der Waals surface area contributed by atoms with E-state index in [1.165, 1.54) is 0 Å². The number of halogens is 1. The summed E-state index contributed by atoms with van der Waals surface area (Å²) in [5.74, 6) is -1.56. The number of hydrogen-bond donors (Lipinski definition) is 0. The van der Waals surface area contributed by atoms with Crippen molar-refractivity contribution in [2.45, 2.75) is 33.1 Å². The molecule has 0 aromatic heterocycles. The van der Waals surface area contributed by atoms with Crippen molar-refractivity contribution in [1.29, 1.82) is 0 Å². The van der Waals surface area contributed by atoms with E-state index in [0.717, 1.165) is 33.4 Å². The Morgan fingerprint density at radius 3 is 1.87 bits per heavy atom. The number of esters is 2. The lowest BCUT2D eigenvalue weighted by Crippen LogP contribution is -2.26. The van der Waals surface area contributed by atoms with Gasteiger partial charge in [0.2, 0.25) is 0 Å². The third kappa shape index (κ3) is 5.98. The summed E-state index contributed by atoms with van der Waals surface area (Å²) < 4.78 is 10.9. The van der Waals surface area contributed by atoms with Gasteiger partial charge in [-0.05, 0) is 66.8 Å². The summed E-state index contributed by atoms with van der Waals surface area (Å²) in [7, 11) is 0. The first kappa shape index (κ1) is 27.2. The van der Waals surface area contributed by atoms with E-state index >= 15 is 0 Å². The molecule has 0 saturated heterocycles. The molecule has 0 amide bonds. The van der Waals surface area contributed by atoms with Crippen LogP contribution in [-0.4, -0.2) is 25.2 Å². The van der Waals surface area contributed by atoms with Crippen LogP contribution in [-0.2, 0) is 19.1 Å². The number of benzene rings is 3. The highest BCUT2D eigenvalue weighted by Gasteiger charge is 2.37. The maximum Gasteiger partial charge on any atom is 0.335 e. The van der Waals surface area contributed by atoms with Crippen LogP contribution in [0.5, 0.6) is 0 Å². The molecule has 0 heterocycles. The number of allylic oxidation sites excluding steroid dienone is 3. The van der Waals surface area contributed by atoms with E-state index in [9.17, 15) is 9.59 Å². The topological polar surface area (TPSA) is 52.6 Å². The van der Waals surface area contributed by atoms with Crippen molar-refractivity contribution in [3.8, 4) is 0 Å². The lowest BCUT2D eigenvalue weighted by atomic mass is 9.73. The average molecular weight is 527 g/mol. The van der Waals surface area contributed by atoms with Gasteiger partial charge in [-0.3, -0.25) is 0 Å². The molecule has 0 aliphatic heterocycles. The Morgan fingerprint density at radius 2 is 1.34 bits per heavy atom. The summed E-state index contributed by atoms with van der Waals surface area (Å²) in [5.41, 5.74) is 6.51. The highest BCUT2D eigenvalue weighted by atomic mass is 35.5. The Bertz CT molecular complexity index is 1340. The number of rotatable bonds is 8. The third-order valence-electron chi connectivity index (χ3n) is 6.55. The van der Waals surface area contributed by atoms with Gasteiger partial charge in [0, 0.05) is 17.4 Å². The number of carbonyl (C=O) groups excluding carboxylic acids is 2. The van der Waals surface area contributed by atoms with Crippen LogP contribution in [0.3, 0.4) is 0 Å². The fourth-order valence-corrected chi connectivity index (χ4v) is 4.95. The van der Waals surface area contributed by atoms with Crippen molar-refractivity contribution in [2.24, 2.45) is 0 Å². The minimum Gasteiger partial charge on any atom is -0.463 e. The molecule has 0 fully saturated rings. The molecule has 0 radical (unpaired) electrons. The Kier molecular flexibility index (Phi) is 8.98. The van der Waals surface area contributed by atoms with E-state index in [0.29, 0.717) is 22.6 Å². The largest absolute Gasteiger partial charge is 0.463 e. The molecule has 1 aliphatic rings. The summed E-state index contributed by atoms with van der Waals surface area (Å²) in [6.07, 6.45) is 2.43. The summed E-state index contributed by atoms with van der Waals surface area (Å²) >= 11 is 6.23. The lowest BCUT2D eigenvalue weighted by molar-refractivity contribution is -0.142. The Labute approximate surface area is 229 Å². The Morgan fingerprint density at radius 1 is 0.816 bits per heavy atom. The van der Waals surface area contributed by atoms with Crippen LogP contribution in [0.1, 0.15) is 49.8 Å². The molecule has 1 aliphatic carbocycles. The molecular formula is C33H31ClO4. The van der Waals surface area contributed by atoms with Crippen LogP contribution in [0.25, 0.3) is 5.57 Å². The SMILES string of the molecule is CCOC(=O)C1=C(C(=O)OCC)C(c2ccc(Cl)cc2)C(C=C(c2ccccc2)c2ccccc2)=C(C)C1. The molecule has 0 saturated carbocycles. The second-order valence-corrected chi connectivity index (χ2v) is 9.46. The highest BCUT2D eigenvalue weighted by molar-refractivity contribution is 6.30. The van der Waals surface area contributed by atoms with E-state index in [-0.39, 0.29) is 13.2 Å². The van der Waals surface area contributed by atoms with Crippen LogP contribution >= 0.6 is 11.6 Å². The first-order valence-corrected chi connectivity index (χ1v) is 13.2. The molecule has 1 unspecified atom stereocenters. The minimum atomic E-state index is -0.540. The molecule has 3 aromatic rings. The van der Waals surface area contributed by atoms with Gasteiger partial charge in [-0.25, -0.2) is 9.59 Å². The second kappa shape index (κ2) is 12.6. The van der Waals surface area contributed by atoms with Crippen molar-refractivity contribution in [1.82, 2.24) is 0 Å². The molecule has 0 spiro atoms. The van der Waals surface area contributed by atoms with Crippen LogP contribution in [0.15, 0.2) is 113 Å². The van der Waals surface area contributed by atoms with Crippen LogP contribution in [0.2, 0.25) is 5.02 Å². The molecule has 4 rings (SSSR count). The quantitative estimate of drug-likeness (QED) is 0.282. The van der Waals surface area contributed by atoms with E-state index < -0.39 is 17.9 Å². The molecule has 4 nitrogen and oxygen atoms in total. The van der Waals surface area contributed by atoms with Gasteiger partial charge in [0.15, 0.2) is 0 Å². The lowest BCUT2D eigenvalue weighted by Gasteiger charge is -2.30. The molecule has 194 valence electrons. The molecule has 3 aromatic carbocycles. The van der Waals surface area contributed by atoms with Crippen molar-refractivity contribution < 1.29 is 19.1 Å². The van der Waals surface area contributed by atoms with E-state index in [4.69, 9.17) is 21.1 Å². The number of ether oxygens (including phenoxy) is 2. The predicted molar refractivity (Wildman–Crippen MR) is 152 cm³/mol. The number of carbonyl (C=O) groups is 2. The zero-order valence-electron chi connectivity index (χ0n) is 21.9. The standard InChI is InChI=1S/C33H31ClO4/c1-4-37-32(35)29-20-22(3)27(21-28(23-12-8-6-9-13-23)24-14-10-7-11-15-24)30(31(29)33(36)38-5-2)25-16-18-26(34)19-17-25/h6-19,21,30H,4-5,20H2,1-3H3. The van der Waals surface area contributed by atoms with Gasteiger partial charge in [-0.1, -0.05) is 90.0 Å². The van der Waals surface area contributed by atoms with Crippen molar-refractivity contribution in [2.75, 3.05) is 13.2 Å².